The number of anilines is 3. The molecule has 218 valence electrons. The number of aliphatic imine (C=N–C) groups is 1. The summed E-state index contributed by atoms with van der Waals surface area (Å²) in [6.45, 7) is 2.86. The van der Waals surface area contributed by atoms with Gasteiger partial charge in [-0.05, 0) is 73.2 Å². The monoisotopic (exact) mass is 597 g/mol. The molecule has 0 radical (unpaired) electrons. The molecule has 4 rings (SSSR count). The van der Waals surface area contributed by atoms with Crippen molar-refractivity contribution in [2.75, 3.05) is 34.7 Å². The number of amidine groups is 1. The highest BCUT2D eigenvalue weighted by Crippen LogP contribution is 2.32. The maximum Gasteiger partial charge on any atom is 0.338 e. The summed E-state index contributed by atoms with van der Waals surface area (Å²) < 4.78 is 5.04. The van der Waals surface area contributed by atoms with Gasteiger partial charge in [0, 0.05) is 24.3 Å². The van der Waals surface area contributed by atoms with Gasteiger partial charge in [-0.25, -0.2) is 9.79 Å². The van der Waals surface area contributed by atoms with Crippen molar-refractivity contribution < 1.29 is 19.5 Å². The number of nitrogens with zero attached hydrogens (tertiary/aromatic N) is 6. The molecule has 3 aromatic rings. The summed E-state index contributed by atoms with van der Waals surface area (Å²) in [5.74, 6) is -0.880. The molecule has 0 bridgehead atoms. The van der Waals surface area contributed by atoms with E-state index in [9.17, 15) is 20.0 Å². The first kappa shape index (κ1) is 30.8. The number of esters is 1. The molecule has 1 heterocycles. The quantitative estimate of drug-likeness (QED) is 0.167. The Morgan fingerprint density at radius 1 is 1.05 bits per heavy atom. The van der Waals surface area contributed by atoms with Crippen molar-refractivity contribution in [2.45, 2.75) is 19.8 Å². The molecule has 0 spiro atoms. The van der Waals surface area contributed by atoms with Crippen molar-refractivity contribution in [3.63, 3.8) is 0 Å². The number of nitriles is 2. The molecule has 1 amide bonds. The molecule has 11 nitrogen and oxygen atoms in total. The fourth-order valence-corrected chi connectivity index (χ4v) is 4.58. The Balaban J connectivity index is 1.73. The zero-order valence-corrected chi connectivity index (χ0v) is 23.9. The van der Waals surface area contributed by atoms with Crippen LogP contribution >= 0.6 is 11.6 Å². The molecule has 0 fully saturated rings. The van der Waals surface area contributed by atoms with Gasteiger partial charge in [0.1, 0.15) is 11.5 Å². The first-order valence-corrected chi connectivity index (χ1v) is 13.6. The van der Waals surface area contributed by atoms with Crippen LogP contribution in [0.15, 0.2) is 77.4 Å². The summed E-state index contributed by atoms with van der Waals surface area (Å²) in [5.41, 5.74) is 2.35. The second-order valence-electron chi connectivity index (χ2n) is 9.20. The number of ether oxygens (including phenoxy) is 1. The Kier molecular flexibility index (Phi) is 10.1. The molecule has 0 atom stereocenters. The van der Waals surface area contributed by atoms with Gasteiger partial charge in [-0.2, -0.15) is 10.5 Å². The van der Waals surface area contributed by atoms with Crippen LogP contribution in [0.1, 0.15) is 41.3 Å². The minimum absolute atomic E-state index is 0.0764. The normalized spacial score (nSPS) is 13.3. The number of carbonyl (C=O) groups is 2. The molecule has 0 unspecified atom stereocenters. The van der Waals surface area contributed by atoms with Crippen LogP contribution in [0.4, 0.5) is 17.1 Å². The Morgan fingerprint density at radius 3 is 2.26 bits per heavy atom. The summed E-state index contributed by atoms with van der Waals surface area (Å²) in [4.78, 5) is 33.7. The van der Waals surface area contributed by atoms with Crippen LogP contribution in [0.2, 0.25) is 5.02 Å². The van der Waals surface area contributed by atoms with Gasteiger partial charge in [0.2, 0.25) is 0 Å². The van der Waals surface area contributed by atoms with Crippen LogP contribution in [0.5, 0.6) is 0 Å². The van der Waals surface area contributed by atoms with Crippen molar-refractivity contribution in [1.82, 2.24) is 0 Å². The van der Waals surface area contributed by atoms with Gasteiger partial charge >= 0.3 is 5.97 Å². The Bertz CT molecular complexity index is 1620. The third-order valence-corrected chi connectivity index (χ3v) is 6.79. The largest absolute Gasteiger partial charge is 0.733 e. The van der Waals surface area contributed by atoms with Crippen molar-refractivity contribution in [3.05, 3.63) is 99.3 Å². The van der Waals surface area contributed by atoms with E-state index < -0.39 is 11.9 Å². The van der Waals surface area contributed by atoms with Crippen molar-refractivity contribution in [2.24, 2.45) is 4.99 Å². The number of halogens is 1. The average molecular weight is 598 g/mol. The SMILES string of the molecule is CCOC(=O)c1ccc(N2C(=O)/C(=C\c3ccc(N(CCC#N)CCC#N)cc3)N=C2c2cc(N([O-])O)ccc2Cl)cc1. The van der Waals surface area contributed by atoms with E-state index in [1.165, 1.54) is 35.2 Å². The number of carbonyl (C=O) groups excluding carboxylic acids is 2. The third kappa shape index (κ3) is 7.18. The van der Waals surface area contributed by atoms with E-state index in [0.29, 0.717) is 42.7 Å². The van der Waals surface area contributed by atoms with Gasteiger partial charge in [0.15, 0.2) is 0 Å². The highest BCUT2D eigenvalue weighted by molar-refractivity contribution is 6.39. The molecular weight excluding hydrogens is 572 g/mol. The molecule has 3 aromatic carbocycles. The van der Waals surface area contributed by atoms with Gasteiger partial charge in [0.05, 0.1) is 53.5 Å². The molecule has 43 heavy (non-hydrogen) atoms. The number of rotatable bonds is 11. The van der Waals surface area contributed by atoms with E-state index in [4.69, 9.17) is 26.9 Å². The fourth-order valence-electron chi connectivity index (χ4n) is 4.38. The average Bonchev–Trinajstić information content (AvgIpc) is 3.33. The molecule has 0 saturated carbocycles. The van der Waals surface area contributed by atoms with Gasteiger partial charge < -0.3 is 20.1 Å². The van der Waals surface area contributed by atoms with Crippen molar-refractivity contribution >= 4 is 52.5 Å². The summed E-state index contributed by atoms with van der Waals surface area (Å²) >= 11 is 6.46. The van der Waals surface area contributed by atoms with E-state index in [0.717, 1.165) is 5.69 Å². The van der Waals surface area contributed by atoms with E-state index in [1.807, 2.05) is 17.0 Å². The van der Waals surface area contributed by atoms with Gasteiger partial charge in [0.25, 0.3) is 5.91 Å². The summed E-state index contributed by atoms with van der Waals surface area (Å²) in [6.07, 6.45) is 2.21. The second kappa shape index (κ2) is 14.1. The number of hydrogen-bond acceptors (Lipinski definition) is 10. The predicted molar refractivity (Wildman–Crippen MR) is 163 cm³/mol. The van der Waals surface area contributed by atoms with Crippen molar-refractivity contribution in [3.8, 4) is 12.1 Å². The minimum atomic E-state index is -0.507. The van der Waals surface area contributed by atoms with Crippen LogP contribution in [0.25, 0.3) is 6.08 Å². The Labute approximate surface area is 253 Å². The van der Waals surface area contributed by atoms with Crippen LogP contribution in [-0.4, -0.2) is 42.6 Å². The number of hydrogen-bond donors (Lipinski definition) is 1. The topological polar surface area (TPSA) is 156 Å². The molecule has 1 aliphatic heterocycles. The van der Waals surface area contributed by atoms with Crippen LogP contribution < -0.4 is 15.0 Å². The zero-order chi connectivity index (χ0) is 30.9. The lowest BCUT2D eigenvalue weighted by Gasteiger charge is -2.24. The van der Waals surface area contributed by atoms with Crippen molar-refractivity contribution in [1.29, 1.82) is 10.5 Å². The lowest BCUT2D eigenvalue weighted by atomic mass is 10.1. The fraction of sp³-hybridized carbons (Fsp3) is 0.194. The lowest BCUT2D eigenvalue weighted by Crippen LogP contribution is -2.33. The molecule has 1 N–H and O–H groups in total. The summed E-state index contributed by atoms with van der Waals surface area (Å²) in [6, 6.07) is 21.7. The molecular formula is C31H26ClN6O5-. The summed E-state index contributed by atoms with van der Waals surface area (Å²) in [5, 5.41) is 38.9. The zero-order valence-electron chi connectivity index (χ0n) is 23.1. The van der Waals surface area contributed by atoms with Gasteiger partial charge in [-0.3, -0.25) is 14.9 Å². The molecule has 1 aliphatic rings. The van der Waals surface area contributed by atoms with Gasteiger partial charge in [-0.15, -0.1) is 0 Å². The standard InChI is InChI=1S/C31H26ClN6O5/c1-2-43-31(40)22-7-11-24(12-8-22)37-29(26-20-25(38(41)42)13-14-27(26)32)35-28(30(37)39)19-21-5-9-23(10-6-21)36(17-3-15-33)18-4-16-34/h5-14,19-20,41H,2-4,17-18H2,1H3/q-1/b28-19+. The predicted octanol–water partition coefficient (Wildman–Crippen LogP) is 5.68. The van der Waals surface area contributed by atoms with Crippen LogP contribution in [0.3, 0.4) is 0 Å². The molecule has 12 heteroatoms. The second-order valence-corrected chi connectivity index (χ2v) is 9.61. The Hall–Kier alpha value is -5.20. The van der Waals surface area contributed by atoms with Crippen LogP contribution in [-0.2, 0) is 9.53 Å². The summed E-state index contributed by atoms with van der Waals surface area (Å²) in [7, 11) is 0. The maximum absolute atomic E-state index is 13.8. The highest BCUT2D eigenvalue weighted by atomic mass is 35.5. The first-order chi connectivity index (χ1) is 20.8. The first-order valence-electron chi connectivity index (χ1n) is 13.2. The van der Waals surface area contributed by atoms with E-state index >= 15 is 0 Å². The van der Waals surface area contributed by atoms with Gasteiger partial charge in [-0.1, -0.05) is 23.7 Å². The van der Waals surface area contributed by atoms with E-state index in [2.05, 4.69) is 17.1 Å². The maximum atomic E-state index is 13.8. The highest BCUT2D eigenvalue weighted by Gasteiger charge is 2.34. The number of amides is 1. The lowest BCUT2D eigenvalue weighted by molar-refractivity contribution is -0.113. The smallest absolute Gasteiger partial charge is 0.338 e. The minimum Gasteiger partial charge on any atom is -0.733 e. The molecule has 0 aliphatic carbocycles. The Morgan fingerprint density at radius 2 is 1.67 bits per heavy atom. The molecule has 0 aromatic heterocycles. The van der Waals surface area contributed by atoms with Crippen LogP contribution in [0, 0.1) is 27.9 Å². The van der Waals surface area contributed by atoms with E-state index in [-0.39, 0.29) is 39.6 Å². The molecule has 0 saturated heterocycles. The van der Waals surface area contributed by atoms with E-state index in [1.54, 1.807) is 37.3 Å². The number of benzene rings is 3. The third-order valence-electron chi connectivity index (χ3n) is 6.46.